The van der Waals surface area contributed by atoms with E-state index in [4.69, 9.17) is 0 Å². The van der Waals surface area contributed by atoms with Gasteiger partial charge in [-0.05, 0) is 0 Å². The molecule has 0 spiro atoms. The van der Waals surface area contributed by atoms with Gasteiger partial charge in [-0.3, -0.25) is 4.79 Å². The molecule has 1 atom stereocenters. The monoisotopic (exact) mass is 316 g/mol. The molecule has 0 aromatic carbocycles. The normalized spacial score (nSPS) is 19.9. The van der Waals surface area contributed by atoms with Crippen LogP contribution in [0.4, 0.5) is 0 Å². The van der Waals surface area contributed by atoms with Gasteiger partial charge in [0.15, 0.2) is 9.84 Å². The Morgan fingerprint density at radius 3 is 2.78 bits per heavy atom. The van der Waals surface area contributed by atoms with Crippen LogP contribution in [0.3, 0.4) is 0 Å². The van der Waals surface area contributed by atoms with Crippen LogP contribution in [0.15, 0.2) is 0 Å². The van der Waals surface area contributed by atoms with Crippen LogP contribution in [0, 0.1) is 0 Å². The van der Waals surface area contributed by atoms with Gasteiger partial charge in [0.1, 0.15) is 0 Å². The molecule has 1 saturated heterocycles. The lowest BCUT2D eigenvalue weighted by Crippen LogP contribution is -2.42. The van der Waals surface area contributed by atoms with E-state index in [0.29, 0.717) is 6.42 Å². The second kappa shape index (κ2) is 9.01. The number of hydrogen-bond donors (Lipinski definition) is 2. The molecule has 18 heavy (non-hydrogen) atoms. The van der Waals surface area contributed by atoms with Gasteiger partial charge in [0.25, 0.3) is 0 Å². The van der Waals surface area contributed by atoms with E-state index >= 15 is 0 Å². The van der Waals surface area contributed by atoms with Gasteiger partial charge in [-0.15, -0.1) is 12.4 Å². The maximum absolute atomic E-state index is 11.5. The molecule has 1 unspecified atom stereocenters. The molecular formula is C10H21ClN2O3S2. The fourth-order valence-corrected chi connectivity index (χ4v) is 3.19. The second-order valence-electron chi connectivity index (χ2n) is 4.02. The quantitative estimate of drug-likeness (QED) is 0.724. The Kier molecular flexibility index (Phi) is 9.02. The van der Waals surface area contributed by atoms with Crippen molar-refractivity contribution in [3.63, 3.8) is 0 Å². The summed E-state index contributed by atoms with van der Waals surface area (Å²) in [5.74, 6) is 2.12. The summed E-state index contributed by atoms with van der Waals surface area (Å²) in [7, 11) is -2.98. The number of carbonyl (C=O) groups is 1. The molecular weight excluding hydrogens is 296 g/mol. The lowest BCUT2D eigenvalue weighted by molar-refractivity contribution is -0.121. The van der Waals surface area contributed by atoms with Gasteiger partial charge in [0, 0.05) is 42.8 Å². The number of sulfone groups is 1. The van der Waals surface area contributed by atoms with E-state index in [0.717, 1.165) is 18.1 Å². The minimum Gasteiger partial charge on any atom is -0.355 e. The Balaban J connectivity index is 0.00000289. The standard InChI is InChI=1S/C10H20N2O3S2.ClH/c1-2-17(14,15)6-4-12-10(13)7-9-8-16-5-3-11-9;/h9,11H,2-8H2,1H3,(H,12,13);1H. The molecule has 0 bridgehead atoms. The first-order valence-corrected chi connectivity index (χ1v) is 8.79. The zero-order chi connectivity index (χ0) is 12.7. The highest BCUT2D eigenvalue weighted by molar-refractivity contribution is 7.99. The molecule has 1 aliphatic rings. The maximum Gasteiger partial charge on any atom is 0.221 e. The molecule has 8 heteroatoms. The van der Waals surface area contributed by atoms with E-state index in [1.807, 2.05) is 11.8 Å². The molecule has 1 rings (SSSR count). The molecule has 0 aromatic heterocycles. The van der Waals surface area contributed by atoms with Crippen molar-refractivity contribution in [2.24, 2.45) is 0 Å². The van der Waals surface area contributed by atoms with Crippen molar-refractivity contribution < 1.29 is 13.2 Å². The molecule has 1 fully saturated rings. The number of hydrogen-bond acceptors (Lipinski definition) is 5. The molecule has 0 aromatic rings. The van der Waals surface area contributed by atoms with Gasteiger partial charge in [0.05, 0.1) is 5.75 Å². The molecule has 5 nitrogen and oxygen atoms in total. The van der Waals surface area contributed by atoms with Crippen molar-refractivity contribution >= 4 is 39.9 Å². The summed E-state index contributed by atoms with van der Waals surface area (Å²) in [5, 5.41) is 5.92. The SMILES string of the molecule is CCS(=O)(=O)CCNC(=O)CC1CSCCN1.Cl. The minimum absolute atomic E-state index is 0. The molecule has 0 saturated carbocycles. The maximum atomic E-state index is 11.5. The fraction of sp³-hybridized carbons (Fsp3) is 0.900. The van der Waals surface area contributed by atoms with Crippen LogP contribution in [-0.2, 0) is 14.6 Å². The van der Waals surface area contributed by atoms with Crippen LogP contribution in [0.1, 0.15) is 13.3 Å². The average molecular weight is 317 g/mol. The lowest BCUT2D eigenvalue weighted by atomic mass is 10.2. The van der Waals surface area contributed by atoms with Crippen molar-refractivity contribution in [2.45, 2.75) is 19.4 Å². The third-order valence-corrected chi connectivity index (χ3v) is 5.44. The summed E-state index contributed by atoms with van der Waals surface area (Å²) in [5.41, 5.74) is 0. The predicted octanol–water partition coefficient (Wildman–Crippen LogP) is 0.0542. The van der Waals surface area contributed by atoms with Crippen LogP contribution >= 0.6 is 24.2 Å². The van der Waals surface area contributed by atoms with Crippen molar-refractivity contribution in [3.8, 4) is 0 Å². The van der Waals surface area contributed by atoms with Gasteiger partial charge in [-0.1, -0.05) is 6.92 Å². The Hall–Kier alpha value is 0.0200. The third kappa shape index (κ3) is 7.45. The van der Waals surface area contributed by atoms with Gasteiger partial charge in [0.2, 0.25) is 5.91 Å². The number of carbonyl (C=O) groups excluding carboxylic acids is 1. The van der Waals surface area contributed by atoms with Crippen LogP contribution in [-0.4, -0.2) is 56.5 Å². The Morgan fingerprint density at radius 2 is 2.22 bits per heavy atom. The zero-order valence-corrected chi connectivity index (χ0v) is 12.9. The highest BCUT2D eigenvalue weighted by Crippen LogP contribution is 2.09. The summed E-state index contributed by atoms with van der Waals surface area (Å²) in [6.45, 7) is 2.77. The van der Waals surface area contributed by atoms with Crippen LogP contribution in [0.25, 0.3) is 0 Å². The second-order valence-corrected chi connectivity index (χ2v) is 7.64. The van der Waals surface area contributed by atoms with Crippen LogP contribution < -0.4 is 10.6 Å². The van der Waals surface area contributed by atoms with E-state index in [9.17, 15) is 13.2 Å². The fourth-order valence-electron chi connectivity index (χ4n) is 1.54. The smallest absolute Gasteiger partial charge is 0.221 e. The Labute approximate surface area is 119 Å². The summed E-state index contributed by atoms with van der Waals surface area (Å²) < 4.78 is 22.4. The summed E-state index contributed by atoms with van der Waals surface area (Å²) in [6, 6.07) is 0.219. The van der Waals surface area contributed by atoms with E-state index in [1.54, 1.807) is 6.92 Å². The Bertz CT molecular complexity index is 343. The topological polar surface area (TPSA) is 75.3 Å². The molecule has 1 heterocycles. The number of thioether (sulfide) groups is 1. The van der Waals surface area contributed by atoms with Gasteiger partial charge >= 0.3 is 0 Å². The largest absolute Gasteiger partial charge is 0.355 e. The van der Waals surface area contributed by atoms with E-state index in [-0.39, 0.29) is 42.4 Å². The number of rotatable bonds is 6. The summed E-state index contributed by atoms with van der Waals surface area (Å²) in [4.78, 5) is 11.5. The van der Waals surface area contributed by atoms with E-state index < -0.39 is 9.84 Å². The first kappa shape index (κ1) is 18.0. The van der Waals surface area contributed by atoms with Gasteiger partial charge in [-0.2, -0.15) is 11.8 Å². The summed E-state index contributed by atoms with van der Waals surface area (Å²) >= 11 is 1.84. The van der Waals surface area contributed by atoms with Crippen LogP contribution in [0.5, 0.6) is 0 Å². The number of nitrogens with one attached hydrogen (secondary N) is 2. The van der Waals surface area contributed by atoms with Crippen molar-refractivity contribution in [2.75, 3.05) is 36.1 Å². The number of amides is 1. The van der Waals surface area contributed by atoms with Crippen molar-refractivity contribution in [1.29, 1.82) is 0 Å². The highest BCUT2D eigenvalue weighted by Gasteiger charge is 2.16. The zero-order valence-electron chi connectivity index (χ0n) is 10.5. The third-order valence-electron chi connectivity index (χ3n) is 2.61. The summed E-state index contributed by atoms with van der Waals surface area (Å²) in [6.07, 6.45) is 0.430. The molecule has 108 valence electrons. The van der Waals surface area contributed by atoms with Gasteiger partial charge in [-0.25, -0.2) is 8.42 Å². The van der Waals surface area contributed by atoms with E-state index in [1.165, 1.54) is 0 Å². The molecule has 0 aliphatic carbocycles. The first-order valence-electron chi connectivity index (χ1n) is 5.82. The number of halogens is 1. The van der Waals surface area contributed by atoms with Gasteiger partial charge < -0.3 is 10.6 Å². The van der Waals surface area contributed by atoms with Crippen molar-refractivity contribution in [1.82, 2.24) is 10.6 Å². The van der Waals surface area contributed by atoms with Crippen molar-refractivity contribution in [3.05, 3.63) is 0 Å². The molecule has 2 N–H and O–H groups in total. The first-order chi connectivity index (χ1) is 8.03. The Morgan fingerprint density at radius 1 is 1.50 bits per heavy atom. The minimum atomic E-state index is -2.98. The highest BCUT2D eigenvalue weighted by atomic mass is 35.5. The molecule has 1 aliphatic heterocycles. The molecule has 0 radical (unpaired) electrons. The van der Waals surface area contributed by atoms with Crippen LogP contribution in [0.2, 0.25) is 0 Å². The molecule has 1 amide bonds. The van der Waals surface area contributed by atoms with E-state index in [2.05, 4.69) is 10.6 Å². The lowest BCUT2D eigenvalue weighted by Gasteiger charge is -2.22. The average Bonchev–Trinajstić information content (AvgIpc) is 2.30. The predicted molar refractivity (Wildman–Crippen MR) is 78.3 cm³/mol.